The van der Waals surface area contributed by atoms with E-state index in [4.69, 9.17) is 4.74 Å². The summed E-state index contributed by atoms with van der Waals surface area (Å²) < 4.78 is 6.01. The standard InChI is InChI=1S/C16H24O2/c1-3-18-16(11-7-8-13(2)12-16)15(17)14-9-5-4-6-10-14/h4-6,9-10,13,15,17H,3,7-8,11-12H2,1-2H3. The molecule has 1 aliphatic rings. The van der Waals surface area contributed by atoms with Crippen LogP contribution in [-0.2, 0) is 4.74 Å². The Balaban J connectivity index is 2.23. The number of hydrogen-bond donors (Lipinski definition) is 1. The molecule has 1 aromatic carbocycles. The summed E-state index contributed by atoms with van der Waals surface area (Å²) in [7, 11) is 0. The molecule has 0 bridgehead atoms. The smallest absolute Gasteiger partial charge is 0.108 e. The van der Waals surface area contributed by atoms with Crippen LogP contribution in [0.1, 0.15) is 51.2 Å². The third kappa shape index (κ3) is 2.76. The fourth-order valence-corrected chi connectivity index (χ4v) is 3.23. The van der Waals surface area contributed by atoms with E-state index in [2.05, 4.69) is 6.92 Å². The highest BCUT2D eigenvalue weighted by Gasteiger charge is 2.42. The van der Waals surface area contributed by atoms with Gasteiger partial charge in [-0.1, -0.05) is 50.1 Å². The lowest BCUT2D eigenvalue weighted by Gasteiger charge is -2.43. The van der Waals surface area contributed by atoms with Crippen LogP contribution in [0.4, 0.5) is 0 Å². The minimum absolute atomic E-state index is 0.381. The summed E-state index contributed by atoms with van der Waals surface area (Å²) in [4.78, 5) is 0. The maximum Gasteiger partial charge on any atom is 0.108 e. The molecule has 0 heterocycles. The highest BCUT2D eigenvalue weighted by atomic mass is 16.5. The Morgan fingerprint density at radius 1 is 1.39 bits per heavy atom. The van der Waals surface area contributed by atoms with Gasteiger partial charge in [-0.2, -0.15) is 0 Å². The van der Waals surface area contributed by atoms with Gasteiger partial charge in [-0.25, -0.2) is 0 Å². The summed E-state index contributed by atoms with van der Waals surface area (Å²) in [6.07, 6.45) is 3.79. The SMILES string of the molecule is CCOC1(C(O)c2ccccc2)CCCC(C)C1. The number of aliphatic hydroxyl groups is 1. The van der Waals surface area contributed by atoms with Crippen LogP contribution >= 0.6 is 0 Å². The molecule has 0 spiro atoms. The van der Waals surface area contributed by atoms with E-state index in [0.717, 1.165) is 24.8 Å². The maximum atomic E-state index is 10.7. The Hall–Kier alpha value is -0.860. The van der Waals surface area contributed by atoms with Gasteiger partial charge in [-0.15, -0.1) is 0 Å². The van der Waals surface area contributed by atoms with Crippen LogP contribution in [-0.4, -0.2) is 17.3 Å². The second-order valence-corrected chi connectivity index (χ2v) is 5.51. The zero-order chi connectivity index (χ0) is 13.0. The minimum atomic E-state index is -0.513. The van der Waals surface area contributed by atoms with Crippen molar-refractivity contribution in [3.8, 4) is 0 Å². The van der Waals surface area contributed by atoms with E-state index in [-0.39, 0.29) is 5.60 Å². The molecule has 1 aromatic rings. The van der Waals surface area contributed by atoms with Crippen LogP contribution in [0.5, 0.6) is 0 Å². The molecule has 0 aliphatic heterocycles. The zero-order valence-corrected chi connectivity index (χ0v) is 11.4. The first kappa shape index (κ1) is 13.6. The highest BCUT2D eigenvalue weighted by molar-refractivity contribution is 5.21. The van der Waals surface area contributed by atoms with Gasteiger partial charge in [0.1, 0.15) is 6.10 Å². The summed E-state index contributed by atoms with van der Waals surface area (Å²) in [6, 6.07) is 9.91. The lowest BCUT2D eigenvalue weighted by atomic mass is 9.74. The van der Waals surface area contributed by atoms with Crippen molar-refractivity contribution in [2.45, 2.75) is 51.2 Å². The number of rotatable bonds is 4. The monoisotopic (exact) mass is 248 g/mol. The summed E-state index contributed by atoms with van der Waals surface area (Å²) in [6.45, 7) is 4.93. The predicted octanol–water partition coefficient (Wildman–Crippen LogP) is 3.71. The number of hydrogen-bond acceptors (Lipinski definition) is 2. The third-order valence-corrected chi connectivity index (χ3v) is 4.04. The lowest BCUT2D eigenvalue weighted by molar-refractivity contribution is -0.150. The largest absolute Gasteiger partial charge is 0.385 e. The van der Waals surface area contributed by atoms with Crippen molar-refractivity contribution >= 4 is 0 Å². The molecule has 1 fully saturated rings. The molecule has 0 saturated heterocycles. The van der Waals surface area contributed by atoms with Crippen LogP contribution in [0.25, 0.3) is 0 Å². The molecule has 1 aliphatic carbocycles. The average Bonchev–Trinajstić information content (AvgIpc) is 2.39. The van der Waals surface area contributed by atoms with Gasteiger partial charge in [-0.05, 0) is 31.2 Å². The van der Waals surface area contributed by atoms with Gasteiger partial charge >= 0.3 is 0 Å². The van der Waals surface area contributed by atoms with Crippen LogP contribution < -0.4 is 0 Å². The molecule has 1 saturated carbocycles. The van der Waals surface area contributed by atoms with E-state index in [1.807, 2.05) is 37.3 Å². The molecule has 3 unspecified atom stereocenters. The van der Waals surface area contributed by atoms with E-state index < -0.39 is 6.10 Å². The molecule has 2 heteroatoms. The normalized spacial score (nSPS) is 30.1. The van der Waals surface area contributed by atoms with Gasteiger partial charge in [0.05, 0.1) is 5.60 Å². The topological polar surface area (TPSA) is 29.5 Å². The van der Waals surface area contributed by atoms with Crippen molar-refractivity contribution in [2.24, 2.45) is 5.92 Å². The van der Waals surface area contributed by atoms with Crippen molar-refractivity contribution in [1.29, 1.82) is 0 Å². The van der Waals surface area contributed by atoms with Gasteiger partial charge < -0.3 is 9.84 Å². The molecule has 0 radical (unpaired) electrons. The minimum Gasteiger partial charge on any atom is -0.385 e. The summed E-state index contributed by atoms with van der Waals surface area (Å²) in [5.41, 5.74) is 0.591. The van der Waals surface area contributed by atoms with Crippen molar-refractivity contribution in [3.05, 3.63) is 35.9 Å². The lowest BCUT2D eigenvalue weighted by Crippen LogP contribution is -2.43. The van der Waals surface area contributed by atoms with Gasteiger partial charge in [-0.3, -0.25) is 0 Å². The molecule has 0 aromatic heterocycles. The summed E-state index contributed by atoms with van der Waals surface area (Å²) in [5.74, 6) is 0.628. The molecular weight excluding hydrogens is 224 g/mol. The molecule has 18 heavy (non-hydrogen) atoms. The Labute approximate surface area is 110 Å². The van der Waals surface area contributed by atoms with Crippen LogP contribution in [0.15, 0.2) is 30.3 Å². The van der Waals surface area contributed by atoms with Crippen molar-refractivity contribution in [1.82, 2.24) is 0 Å². The van der Waals surface area contributed by atoms with Crippen LogP contribution in [0.3, 0.4) is 0 Å². The Morgan fingerprint density at radius 2 is 2.11 bits per heavy atom. The van der Waals surface area contributed by atoms with Crippen molar-refractivity contribution in [3.63, 3.8) is 0 Å². The molecule has 0 amide bonds. The fourth-order valence-electron chi connectivity index (χ4n) is 3.23. The van der Waals surface area contributed by atoms with E-state index in [0.29, 0.717) is 12.5 Å². The molecule has 3 atom stereocenters. The maximum absolute atomic E-state index is 10.7. The first-order chi connectivity index (χ1) is 8.68. The third-order valence-electron chi connectivity index (χ3n) is 4.04. The average molecular weight is 248 g/mol. The Bertz CT molecular complexity index is 359. The first-order valence-electron chi connectivity index (χ1n) is 7.05. The van der Waals surface area contributed by atoms with Gasteiger partial charge in [0.25, 0.3) is 0 Å². The fraction of sp³-hybridized carbons (Fsp3) is 0.625. The second-order valence-electron chi connectivity index (χ2n) is 5.51. The van der Waals surface area contributed by atoms with E-state index in [1.165, 1.54) is 6.42 Å². The van der Waals surface area contributed by atoms with E-state index >= 15 is 0 Å². The zero-order valence-electron chi connectivity index (χ0n) is 11.4. The van der Waals surface area contributed by atoms with Crippen molar-refractivity contribution < 1.29 is 9.84 Å². The Morgan fingerprint density at radius 3 is 2.72 bits per heavy atom. The number of aliphatic hydroxyl groups excluding tert-OH is 1. The van der Waals surface area contributed by atoms with Gasteiger partial charge in [0.2, 0.25) is 0 Å². The van der Waals surface area contributed by atoms with Crippen LogP contribution in [0.2, 0.25) is 0 Å². The highest BCUT2D eigenvalue weighted by Crippen LogP contribution is 2.43. The van der Waals surface area contributed by atoms with E-state index in [1.54, 1.807) is 0 Å². The predicted molar refractivity (Wildman–Crippen MR) is 73.4 cm³/mol. The molecule has 2 nitrogen and oxygen atoms in total. The quantitative estimate of drug-likeness (QED) is 0.880. The summed E-state index contributed by atoms with van der Waals surface area (Å²) in [5, 5.41) is 10.7. The van der Waals surface area contributed by atoms with E-state index in [9.17, 15) is 5.11 Å². The first-order valence-corrected chi connectivity index (χ1v) is 7.05. The number of benzene rings is 1. The van der Waals surface area contributed by atoms with Crippen LogP contribution in [0, 0.1) is 5.92 Å². The second kappa shape index (κ2) is 5.85. The van der Waals surface area contributed by atoms with Gasteiger partial charge in [0, 0.05) is 6.61 Å². The Kier molecular flexibility index (Phi) is 4.41. The molecule has 100 valence electrons. The number of ether oxygens (including phenoxy) is 1. The van der Waals surface area contributed by atoms with Crippen molar-refractivity contribution in [2.75, 3.05) is 6.61 Å². The molecule has 1 N–H and O–H groups in total. The molecule has 2 rings (SSSR count). The summed E-state index contributed by atoms with van der Waals surface area (Å²) >= 11 is 0. The molecular formula is C16H24O2. The van der Waals surface area contributed by atoms with Gasteiger partial charge in [0.15, 0.2) is 0 Å².